The van der Waals surface area contributed by atoms with Gasteiger partial charge in [-0.2, -0.15) is 5.10 Å². The van der Waals surface area contributed by atoms with E-state index in [9.17, 15) is 23.1 Å². The van der Waals surface area contributed by atoms with Crippen LogP contribution < -0.4 is 5.32 Å². The van der Waals surface area contributed by atoms with Gasteiger partial charge in [0.1, 0.15) is 24.1 Å². The zero-order valence-electron chi connectivity index (χ0n) is 24.1. The Kier molecular flexibility index (Phi) is 19.0. The van der Waals surface area contributed by atoms with Crippen LogP contribution in [0.2, 0.25) is 0 Å². The Labute approximate surface area is 236 Å². The molecule has 0 fully saturated rings. The van der Waals surface area contributed by atoms with Crippen LogP contribution in [-0.4, -0.2) is 34.6 Å². The van der Waals surface area contributed by atoms with E-state index in [0.717, 1.165) is 23.6 Å². The van der Waals surface area contributed by atoms with Gasteiger partial charge in [0.25, 0.3) is 0 Å². The van der Waals surface area contributed by atoms with Crippen molar-refractivity contribution in [2.24, 2.45) is 0 Å². The third-order valence-electron chi connectivity index (χ3n) is 5.10. The molecule has 0 saturated heterocycles. The number of hydrogen-bond acceptors (Lipinski definition) is 4. The Balaban J connectivity index is 0.00000232. The number of carbonyl (C=O) groups is 1. The maximum Gasteiger partial charge on any atom is 0.209 e. The van der Waals surface area contributed by atoms with Crippen LogP contribution in [0.4, 0.5) is 13.2 Å². The molecule has 9 heteroatoms. The average molecular weight is 562 g/mol. The van der Waals surface area contributed by atoms with Gasteiger partial charge in [-0.1, -0.05) is 57.2 Å². The number of ether oxygens (including phenoxy) is 1. The SMILES string of the molecule is C=C(O)/C=C\C(=C/C)CCCOC(NC=O)c1cn(-c2cc(F)cc(F)c2)nc1/C(C)=C/CC.C=CCF.CC. The number of aliphatic hydroxyl groups is 1. The Morgan fingerprint density at radius 2 is 1.85 bits per heavy atom. The molecule has 1 atom stereocenters. The number of aromatic nitrogens is 2. The van der Waals surface area contributed by atoms with Gasteiger partial charge >= 0.3 is 0 Å². The van der Waals surface area contributed by atoms with Crippen molar-refractivity contribution in [1.82, 2.24) is 15.1 Å². The summed E-state index contributed by atoms with van der Waals surface area (Å²) in [6, 6.07) is 3.15. The highest BCUT2D eigenvalue weighted by molar-refractivity contribution is 5.64. The first kappa shape index (κ1) is 36.1. The lowest BCUT2D eigenvalue weighted by Crippen LogP contribution is -2.23. The van der Waals surface area contributed by atoms with E-state index < -0.39 is 24.5 Å². The third-order valence-corrected chi connectivity index (χ3v) is 5.10. The van der Waals surface area contributed by atoms with Crippen LogP contribution in [0.3, 0.4) is 0 Å². The zero-order chi connectivity index (χ0) is 30.5. The summed E-state index contributed by atoms with van der Waals surface area (Å²) in [6.45, 7) is 16.2. The quantitative estimate of drug-likeness (QED) is 0.0608. The molecule has 2 N–H and O–H groups in total. The van der Waals surface area contributed by atoms with Crippen LogP contribution in [0.15, 0.2) is 79.3 Å². The van der Waals surface area contributed by atoms with Crippen molar-refractivity contribution in [3.63, 3.8) is 0 Å². The smallest absolute Gasteiger partial charge is 0.209 e. The van der Waals surface area contributed by atoms with Crippen LogP contribution in [-0.2, 0) is 9.53 Å². The maximum atomic E-state index is 13.8. The minimum Gasteiger partial charge on any atom is -0.509 e. The summed E-state index contributed by atoms with van der Waals surface area (Å²) in [4.78, 5) is 11.3. The fourth-order valence-electron chi connectivity index (χ4n) is 3.39. The van der Waals surface area contributed by atoms with E-state index in [-0.39, 0.29) is 11.4 Å². The van der Waals surface area contributed by atoms with Crippen molar-refractivity contribution >= 4 is 12.0 Å². The molecule has 0 bridgehead atoms. The van der Waals surface area contributed by atoms with E-state index in [0.29, 0.717) is 37.1 Å². The van der Waals surface area contributed by atoms with Crippen LogP contribution in [0.25, 0.3) is 11.3 Å². The van der Waals surface area contributed by atoms with Crippen molar-refractivity contribution in [2.45, 2.75) is 60.1 Å². The molecule has 0 aliphatic rings. The minimum absolute atomic E-state index is 0.0240. The summed E-state index contributed by atoms with van der Waals surface area (Å²) in [7, 11) is 0. The molecule has 0 aliphatic heterocycles. The summed E-state index contributed by atoms with van der Waals surface area (Å²) < 4.78 is 45.5. The van der Waals surface area contributed by atoms with Crippen LogP contribution in [0.5, 0.6) is 0 Å². The molecule has 0 aliphatic carbocycles. The van der Waals surface area contributed by atoms with E-state index >= 15 is 0 Å². The van der Waals surface area contributed by atoms with Gasteiger partial charge in [-0.15, -0.1) is 6.58 Å². The number of hydrogen-bond donors (Lipinski definition) is 2. The van der Waals surface area contributed by atoms with E-state index in [1.807, 2.05) is 46.8 Å². The highest BCUT2D eigenvalue weighted by Crippen LogP contribution is 2.27. The first-order chi connectivity index (χ1) is 19.2. The third kappa shape index (κ3) is 13.3. The molecule has 0 saturated carbocycles. The van der Waals surface area contributed by atoms with Crippen molar-refractivity contribution in [3.8, 4) is 5.69 Å². The monoisotopic (exact) mass is 561 g/mol. The lowest BCUT2D eigenvalue weighted by molar-refractivity contribution is -0.113. The lowest BCUT2D eigenvalue weighted by atomic mass is 10.1. The van der Waals surface area contributed by atoms with Crippen LogP contribution >= 0.6 is 0 Å². The number of amides is 1. The minimum atomic E-state index is -0.804. The van der Waals surface area contributed by atoms with Gasteiger partial charge in [0.2, 0.25) is 6.41 Å². The molecular weight excluding hydrogens is 519 g/mol. The predicted molar refractivity (Wildman–Crippen MR) is 157 cm³/mol. The van der Waals surface area contributed by atoms with Crippen LogP contribution in [0.1, 0.15) is 71.4 Å². The number of allylic oxidation sites excluding steroid dienone is 7. The summed E-state index contributed by atoms with van der Waals surface area (Å²) in [5, 5.41) is 16.4. The van der Waals surface area contributed by atoms with Gasteiger partial charge < -0.3 is 15.2 Å². The van der Waals surface area contributed by atoms with Crippen molar-refractivity contribution in [3.05, 3.63) is 102 Å². The second-order valence-corrected chi connectivity index (χ2v) is 8.07. The summed E-state index contributed by atoms with van der Waals surface area (Å²) in [5.74, 6) is -1.46. The summed E-state index contributed by atoms with van der Waals surface area (Å²) in [5.41, 5.74) is 3.20. The van der Waals surface area contributed by atoms with E-state index in [4.69, 9.17) is 4.74 Å². The number of nitrogens with zero attached hydrogens (tertiary/aromatic N) is 2. The molecule has 0 spiro atoms. The van der Waals surface area contributed by atoms with Gasteiger partial charge in [0, 0.05) is 24.4 Å². The normalized spacial score (nSPS) is 12.1. The topological polar surface area (TPSA) is 76.4 Å². The highest BCUT2D eigenvalue weighted by Gasteiger charge is 2.21. The summed E-state index contributed by atoms with van der Waals surface area (Å²) in [6.07, 6.45) is 11.9. The van der Waals surface area contributed by atoms with Crippen molar-refractivity contribution < 1.29 is 27.8 Å². The number of carbonyl (C=O) groups excluding carboxylic acids is 1. The molecule has 1 heterocycles. The van der Waals surface area contributed by atoms with Crippen LogP contribution in [0, 0.1) is 11.6 Å². The number of rotatable bonds is 14. The molecule has 2 rings (SSSR count). The zero-order valence-corrected chi connectivity index (χ0v) is 24.1. The molecule has 6 nitrogen and oxygen atoms in total. The van der Waals surface area contributed by atoms with Gasteiger partial charge in [-0.25, -0.2) is 17.9 Å². The Hall–Kier alpha value is -3.85. The first-order valence-corrected chi connectivity index (χ1v) is 13.1. The average Bonchev–Trinajstić information content (AvgIpc) is 3.38. The van der Waals surface area contributed by atoms with Crippen molar-refractivity contribution in [2.75, 3.05) is 13.3 Å². The molecule has 0 radical (unpaired) electrons. The number of halogens is 3. The molecule has 40 heavy (non-hydrogen) atoms. The maximum absolute atomic E-state index is 13.8. The van der Waals surface area contributed by atoms with Gasteiger partial charge in [-0.3, -0.25) is 4.79 Å². The fraction of sp³-hybridized carbons (Fsp3) is 0.355. The van der Waals surface area contributed by atoms with Gasteiger partial charge in [0.15, 0.2) is 6.23 Å². The lowest BCUT2D eigenvalue weighted by Gasteiger charge is -2.17. The standard InChI is InChI=1S/C26H31F2N3O3.C3H5F.C2H6/c1-5-8-18(3)25-24(16-31(30-25)23-14-21(27)13-22(28)15-23)26(29-17-32)34-12-7-9-20(6-2)11-10-19(4)33;1-2-3-4;1-2/h6,8,10-11,13-17,26,33H,4-5,7,9,12H2,1-3H3,(H,29,32);2H,1,3H2;1-2H3/b11-10-,18-8+,20-6-;;. The van der Waals surface area contributed by atoms with Gasteiger partial charge in [0.05, 0.1) is 11.4 Å². The highest BCUT2D eigenvalue weighted by atomic mass is 19.1. The second kappa shape index (κ2) is 21.0. The largest absolute Gasteiger partial charge is 0.509 e. The molecule has 1 amide bonds. The molecule has 1 unspecified atom stereocenters. The Bertz CT molecular complexity index is 1130. The van der Waals surface area contributed by atoms with Crippen molar-refractivity contribution in [1.29, 1.82) is 0 Å². The van der Waals surface area contributed by atoms with E-state index in [2.05, 4.69) is 23.6 Å². The predicted octanol–water partition coefficient (Wildman–Crippen LogP) is 8.25. The second-order valence-electron chi connectivity index (χ2n) is 8.07. The number of aliphatic hydroxyl groups excluding tert-OH is 1. The first-order valence-electron chi connectivity index (χ1n) is 13.1. The van der Waals surface area contributed by atoms with Gasteiger partial charge in [-0.05, 0) is 56.9 Å². The number of alkyl halides is 1. The Morgan fingerprint density at radius 1 is 1.23 bits per heavy atom. The number of nitrogens with one attached hydrogen (secondary N) is 1. The van der Waals surface area contributed by atoms with E-state index in [1.165, 1.54) is 29.0 Å². The summed E-state index contributed by atoms with van der Waals surface area (Å²) >= 11 is 0. The molecule has 220 valence electrons. The molecule has 1 aromatic heterocycles. The Morgan fingerprint density at radius 3 is 2.35 bits per heavy atom. The molecule has 2 aromatic rings. The molecule has 1 aromatic carbocycles. The number of benzene rings is 1. The fourth-order valence-corrected chi connectivity index (χ4v) is 3.39. The molecular formula is C31H42F3N3O3. The van der Waals surface area contributed by atoms with E-state index in [1.54, 1.807) is 12.3 Å².